The first-order chi connectivity index (χ1) is 9.21. The van der Waals surface area contributed by atoms with Gasteiger partial charge in [-0.15, -0.1) is 0 Å². The van der Waals surface area contributed by atoms with Crippen LogP contribution in [0.25, 0.3) is 10.9 Å². The van der Waals surface area contributed by atoms with Gasteiger partial charge in [0.05, 0.1) is 17.8 Å². The number of aryl methyl sites for hydroxylation is 1. The second-order valence-corrected chi connectivity index (χ2v) is 4.12. The topological polar surface area (TPSA) is 77.2 Å². The van der Waals surface area contributed by atoms with Crippen molar-refractivity contribution in [2.75, 3.05) is 12.0 Å². The Morgan fingerprint density at radius 2 is 2.21 bits per heavy atom. The van der Waals surface area contributed by atoms with E-state index in [1.807, 2.05) is 18.2 Å². The second-order valence-electron chi connectivity index (χ2n) is 4.12. The second kappa shape index (κ2) is 5.67. The highest BCUT2D eigenvalue weighted by atomic mass is 16.5. The summed E-state index contributed by atoms with van der Waals surface area (Å²) in [5, 5.41) is 0.826. The molecule has 0 fully saturated rings. The molecule has 2 rings (SSSR count). The van der Waals surface area contributed by atoms with Crippen molar-refractivity contribution >= 4 is 22.6 Å². The number of carbonyl (C=O) groups is 1. The standard InChI is InChI=1S/C14H17N3O2/c1-3-9-5-6-12-10(7-9)13(17-15)11(8-16-12)14(18)19-4-2/h5-8H,3-4,15H2,1-2H3,(H,16,17). The number of rotatable bonds is 4. The molecule has 0 amide bonds. The zero-order valence-electron chi connectivity index (χ0n) is 11.1. The highest BCUT2D eigenvalue weighted by Crippen LogP contribution is 2.27. The van der Waals surface area contributed by atoms with Crippen LogP contribution in [-0.2, 0) is 11.2 Å². The molecule has 0 spiro atoms. The molecule has 0 radical (unpaired) electrons. The third kappa shape index (κ3) is 2.51. The summed E-state index contributed by atoms with van der Waals surface area (Å²) in [5.74, 6) is 5.13. The number of aromatic nitrogens is 1. The maximum atomic E-state index is 11.9. The minimum absolute atomic E-state index is 0.315. The van der Waals surface area contributed by atoms with E-state index < -0.39 is 5.97 Å². The third-order valence-electron chi connectivity index (χ3n) is 2.98. The molecule has 3 N–H and O–H groups in total. The Morgan fingerprint density at radius 1 is 1.42 bits per heavy atom. The molecule has 19 heavy (non-hydrogen) atoms. The summed E-state index contributed by atoms with van der Waals surface area (Å²) in [4.78, 5) is 16.1. The molecule has 0 bridgehead atoms. The predicted octanol–water partition coefficient (Wildman–Crippen LogP) is 2.26. The smallest absolute Gasteiger partial charge is 0.341 e. The van der Waals surface area contributed by atoms with Gasteiger partial charge in [0.25, 0.3) is 0 Å². The van der Waals surface area contributed by atoms with Crippen LogP contribution in [0.1, 0.15) is 29.8 Å². The summed E-state index contributed by atoms with van der Waals surface area (Å²) in [6.45, 7) is 4.15. The van der Waals surface area contributed by atoms with E-state index in [9.17, 15) is 4.79 Å². The molecule has 5 nitrogen and oxygen atoms in total. The Labute approximate surface area is 111 Å². The lowest BCUT2D eigenvalue weighted by Crippen LogP contribution is -2.15. The molecule has 0 aliphatic rings. The highest BCUT2D eigenvalue weighted by Gasteiger charge is 2.16. The fourth-order valence-corrected chi connectivity index (χ4v) is 1.98. The lowest BCUT2D eigenvalue weighted by atomic mass is 10.1. The van der Waals surface area contributed by atoms with Crippen LogP contribution in [0.5, 0.6) is 0 Å². The maximum Gasteiger partial charge on any atom is 0.341 e. The third-order valence-corrected chi connectivity index (χ3v) is 2.98. The number of benzene rings is 1. The van der Waals surface area contributed by atoms with E-state index in [1.54, 1.807) is 6.92 Å². The van der Waals surface area contributed by atoms with E-state index in [2.05, 4.69) is 17.3 Å². The first kappa shape index (κ1) is 13.3. The summed E-state index contributed by atoms with van der Waals surface area (Å²) in [6, 6.07) is 5.92. The molecule has 0 aliphatic heterocycles. The van der Waals surface area contributed by atoms with Crippen molar-refractivity contribution in [3.63, 3.8) is 0 Å². The van der Waals surface area contributed by atoms with E-state index in [1.165, 1.54) is 6.20 Å². The quantitative estimate of drug-likeness (QED) is 0.500. The maximum absolute atomic E-state index is 11.9. The fourth-order valence-electron chi connectivity index (χ4n) is 1.98. The van der Waals surface area contributed by atoms with Gasteiger partial charge in [0.15, 0.2) is 0 Å². The lowest BCUT2D eigenvalue weighted by molar-refractivity contribution is 0.0527. The monoisotopic (exact) mass is 259 g/mol. The summed E-state index contributed by atoms with van der Waals surface area (Å²) >= 11 is 0. The molecule has 100 valence electrons. The Bertz CT molecular complexity index is 611. The van der Waals surface area contributed by atoms with Crippen LogP contribution in [0.4, 0.5) is 5.69 Å². The van der Waals surface area contributed by atoms with Gasteiger partial charge >= 0.3 is 5.97 Å². The molecular weight excluding hydrogens is 242 g/mol. The van der Waals surface area contributed by atoms with Gasteiger partial charge in [-0.1, -0.05) is 13.0 Å². The van der Waals surface area contributed by atoms with E-state index in [0.29, 0.717) is 17.9 Å². The Hall–Kier alpha value is -2.14. The number of esters is 1. The van der Waals surface area contributed by atoms with Gasteiger partial charge in [0.1, 0.15) is 5.56 Å². The van der Waals surface area contributed by atoms with Crippen molar-refractivity contribution in [2.45, 2.75) is 20.3 Å². The summed E-state index contributed by atoms with van der Waals surface area (Å²) in [7, 11) is 0. The zero-order chi connectivity index (χ0) is 13.8. The van der Waals surface area contributed by atoms with E-state index >= 15 is 0 Å². The fraction of sp³-hybridized carbons (Fsp3) is 0.286. The summed E-state index contributed by atoms with van der Waals surface area (Å²) in [5.41, 5.74) is 5.44. The van der Waals surface area contributed by atoms with Crippen LogP contribution in [0.15, 0.2) is 24.4 Å². The summed E-state index contributed by atoms with van der Waals surface area (Å²) in [6.07, 6.45) is 2.39. The minimum Gasteiger partial charge on any atom is -0.462 e. The van der Waals surface area contributed by atoms with Gasteiger partial charge in [0, 0.05) is 11.6 Å². The molecule has 0 atom stereocenters. The average Bonchev–Trinajstić information content (AvgIpc) is 2.45. The van der Waals surface area contributed by atoms with Crippen LogP contribution in [0.3, 0.4) is 0 Å². The van der Waals surface area contributed by atoms with Gasteiger partial charge in [-0.2, -0.15) is 0 Å². The van der Waals surface area contributed by atoms with Gasteiger partial charge in [-0.3, -0.25) is 10.8 Å². The molecule has 1 aromatic carbocycles. The van der Waals surface area contributed by atoms with E-state index in [-0.39, 0.29) is 0 Å². The SMILES string of the molecule is CCOC(=O)c1cnc2ccc(CC)cc2c1NN. The van der Waals surface area contributed by atoms with Crippen LogP contribution in [-0.4, -0.2) is 17.6 Å². The van der Waals surface area contributed by atoms with E-state index in [4.69, 9.17) is 10.6 Å². The molecule has 1 aromatic heterocycles. The van der Waals surface area contributed by atoms with Crippen molar-refractivity contribution in [1.29, 1.82) is 0 Å². The molecule has 2 aromatic rings. The molecule has 0 unspecified atom stereocenters. The molecule has 0 aliphatic carbocycles. The van der Waals surface area contributed by atoms with Crippen molar-refractivity contribution in [2.24, 2.45) is 5.84 Å². The highest BCUT2D eigenvalue weighted by molar-refractivity contribution is 6.04. The number of hydrazine groups is 1. The number of anilines is 1. The van der Waals surface area contributed by atoms with Crippen molar-refractivity contribution in [3.05, 3.63) is 35.5 Å². The Balaban J connectivity index is 2.63. The minimum atomic E-state index is -0.424. The number of nitrogens with two attached hydrogens (primary N) is 1. The first-order valence-corrected chi connectivity index (χ1v) is 6.26. The van der Waals surface area contributed by atoms with Crippen LogP contribution in [0, 0.1) is 0 Å². The number of nitrogen functional groups attached to an aromatic ring is 1. The number of carbonyl (C=O) groups excluding carboxylic acids is 1. The molecule has 5 heteroatoms. The average molecular weight is 259 g/mol. The van der Waals surface area contributed by atoms with Crippen molar-refractivity contribution in [3.8, 4) is 0 Å². The summed E-state index contributed by atoms with van der Waals surface area (Å²) < 4.78 is 5.00. The largest absolute Gasteiger partial charge is 0.462 e. The van der Waals surface area contributed by atoms with Crippen molar-refractivity contribution < 1.29 is 9.53 Å². The van der Waals surface area contributed by atoms with Crippen LogP contribution in [0.2, 0.25) is 0 Å². The predicted molar refractivity (Wildman–Crippen MR) is 74.9 cm³/mol. The van der Waals surface area contributed by atoms with Gasteiger partial charge in [0.2, 0.25) is 0 Å². The number of nitrogens with zero attached hydrogens (tertiary/aromatic N) is 1. The number of hydrogen-bond donors (Lipinski definition) is 2. The number of nitrogens with one attached hydrogen (secondary N) is 1. The number of ether oxygens (including phenoxy) is 1. The molecule has 1 heterocycles. The van der Waals surface area contributed by atoms with E-state index in [0.717, 1.165) is 22.9 Å². The van der Waals surface area contributed by atoms with Gasteiger partial charge < -0.3 is 10.2 Å². The van der Waals surface area contributed by atoms with Crippen molar-refractivity contribution in [1.82, 2.24) is 4.98 Å². The number of hydrogen-bond acceptors (Lipinski definition) is 5. The van der Waals surface area contributed by atoms with Crippen LogP contribution >= 0.6 is 0 Å². The van der Waals surface area contributed by atoms with Crippen LogP contribution < -0.4 is 11.3 Å². The van der Waals surface area contributed by atoms with Gasteiger partial charge in [-0.25, -0.2) is 4.79 Å². The Kier molecular flexibility index (Phi) is 3.97. The number of fused-ring (bicyclic) bond motifs is 1. The molecule has 0 saturated heterocycles. The zero-order valence-corrected chi connectivity index (χ0v) is 11.1. The first-order valence-electron chi connectivity index (χ1n) is 6.26. The molecular formula is C14H17N3O2. The molecule has 0 saturated carbocycles. The normalized spacial score (nSPS) is 10.5. The lowest BCUT2D eigenvalue weighted by Gasteiger charge is -2.11. The van der Waals surface area contributed by atoms with Gasteiger partial charge in [-0.05, 0) is 31.0 Å². The Morgan fingerprint density at radius 3 is 2.84 bits per heavy atom. The number of pyridine rings is 1.